The molecular formula is C11H18N2O3. The maximum atomic E-state index is 11.9. The van der Waals surface area contributed by atoms with E-state index >= 15 is 0 Å². The average molecular weight is 226 g/mol. The van der Waals surface area contributed by atoms with E-state index in [1.54, 1.807) is 0 Å². The minimum Gasteiger partial charge on any atom is -0.480 e. The van der Waals surface area contributed by atoms with Crippen LogP contribution in [0.1, 0.15) is 38.5 Å². The smallest absolute Gasteiger partial charge is 0.329 e. The first-order chi connectivity index (χ1) is 7.64. The molecule has 0 bridgehead atoms. The molecule has 0 aromatic heterocycles. The summed E-state index contributed by atoms with van der Waals surface area (Å²) in [5.41, 5.74) is -0.976. The third kappa shape index (κ3) is 2.04. The lowest BCUT2D eigenvalue weighted by Gasteiger charge is -2.39. The number of carboxylic acids is 1. The van der Waals surface area contributed by atoms with Gasteiger partial charge in [-0.3, -0.25) is 4.79 Å². The molecule has 3 N–H and O–H groups in total. The van der Waals surface area contributed by atoms with Gasteiger partial charge >= 0.3 is 5.97 Å². The fourth-order valence-electron chi connectivity index (χ4n) is 2.32. The standard InChI is InChI=1S/C11H18N2O3/c14-9(8-4-1-2-7-12-8)13-11(10(15)16)5-3-6-11/h8,12H,1-7H2,(H,13,14)(H,15,16)/t8-/m1/s1. The van der Waals surface area contributed by atoms with Crippen LogP contribution in [0.3, 0.4) is 0 Å². The van der Waals surface area contributed by atoms with Crippen molar-refractivity contribution < 1.29 is 14.7 Å². The Bertz CT molecular complexity index is 294. The maximum absolute atomic E-state index is 11.9. The largest absolute Gasteiger partial charge is 0.480 e. The topological polar surface area (TPSA) is 78.4 Å². The zero-order valence-corrected chi connectivity index (χ0v) is 9.29. The molecule has 5 nitrogen and oxygen atoms in total. The van der Waals surface area contributed by atoms with Gasteiger partial charge in [0.15, 0.2) is 0 Å². The molecule has 1 saturated carbocycles. The highest BCUT2D eigenvalue weighted by atomic mass is 16.4. The lowest BCUT2D eigenvalue weighted by atomic mass is 9.76. The molecule has 0 aromatic rings. The lowest BCUT2D eigenvalue weighted by molar-refractivity contribution is -0.152. The summed E-state index contributed by atoms with van der Waals surface area (Å²) in [5.74, 6) is -1.05. The van der Waals surface area contributed by atoms with Crippen molar-refractivity contribution >= 4 is 11.9 Å². The van der Waals surface area contributed by atoms with Crippen LogP contribution in [0.5, 0.6) is 0 Å². The summed E-state index contributed by atoms with van der Waals surface area (Å²) in [7, 11) is 0. The number of carbonyl (C=O) groups excluding carboxylic acids is 1. The van der Waals surface area contributed by atoms with E-state index in [1.807, 2.05) is 0 Å². The Labute approximate surface area is 94.6 Å². The summed E-state index contributed by atoms with van der Waals surface area (Å²) < 4.78 is 0. The zero-order chi connectivity index (χ0) is 11.6. The van der Waals surface area contributed by atoms with Crippen molar-refractivity contribution in [1.82, 2.24) is 10.6 Å². The van der Waals surface area contributed by atoms with Gasteiger partial charge in [0, 0.05) is 0 Å². The highest BCUT2D eigenvalue weighted by Crippen LogP contribution is 2.32. The van der Waals surface area contributed by atoms with Gasteiger partial charge in [-0.05, 0) is 38.6 Å². The Hall–Kier alpha value is -1.10. The summed E-state index contributed by atoms with van der Waals surface area (Å²) in [4.78, 5) is 23.0. The van der Waals surface area contributed by atoms with Crippen molar-refractivity contribution in [3.8, 4) is 0 Å². The number of hydrogen-bond donors (Lipinski definition) is 3. The number of aliphatic carboxylic acids is 1. The van der Waals surface area contributed by atoms with Crippen molar-refractivity contribution in [2.75, 3.05) is 6.54 Å². The Kier molecular flexibility index (Phi) is 3.14. The molecular weight excluding hydrogens is 208 g/mol. The molecule has 0 unspecified atom stereocenters. The first kappa shape index (κ1) is 11.4. The summed E-state index contributed by atoms with van der Waals surface area (Å²) >= 11 is 0. The summed E-state index contributed by atoms with van der Waals surface area (Å²) in [6, 6.07) is -0.203. The van der Waals surface area contributed by atoms with Gasteiger partial charge in [-0.25, -0.2) is 4.79 Å². The molecule has 5 heteroatoms. The van der Waals surface area contributed by atoms with Gasteiger partial charge in [-0.15, -0.1) is 0 Å². The highest BCUT2D eigenvalue weighted by Gasteiger charge is 2.46. The molecule has 0 aromatic carbocycles. The van der Waals surface area contributed by atoms with Crippen LogP contribution >= 0.6 is 0 Å². The molecule has 0 radical (unpaired) electrons. The van der Waals surface area contributed by atoms with E-state index in [4.69, 9.17) is 5.11 Å². The van der Waals surface area contributed by atoms with Gasteiger partial charge in [0.25, 0.3) is 0 Å². The number of hydrogen-bond acceptors (Lipinski definition) is 3. The van der Waals surface area contributed by atoms with E-state index in [1.165, 1.54) is 0 Å². The molecule has 1 saturated heterocycles. The quantitative estimate of drug-likeness (QED) is 0.644. The van der Waals surface area contributed by atoms with Gasteiger partial charge < -0.3 is 15.7 Å². The molecule has 2 fully saturated rings. The monoisotopic (exact) mass is 226 g/mol. The molecule has 16 heavy (non-hydrogen) atoms. The predicted molar refractivity (Wildman–Crippen MR) is 58.0 cm³/mol. The van der Waals surface area contributed by atoms with Crippen LogP contribution in [0.2, 0.25) is 0 Å². The van der Waals surface area contributed by atoms with Crippen molar-refractivity contribution in [1.29, 1.82) is 0 Å². The molecule has 1 heterocycles. The van der Waals surface area contributed by atoms with Gasteiger partial charge in [0.2, 0.25) is 5.91 Å². The summed E-state index contributed by atoms with van der Waals surface area (Å²) in [6.07, 6.45) is 4.92. The average Bonchev–Trinajstić information content (AvgIpc) is 2.24. The van der Waals surface area contributed by atoms with Crippen molar-refractivity contribution in [3.05, 3.63) is 0 Å². The number of amides is 1. The first-order valence-corrected chi connectivity index (χ1v) is 5.93. The maximum Gasteiger partial charge on any atom is 0.329 e. The third-order valence-electron chi connectivity index (χ3n) is 3.61. The number of carboxylic acid groups (broad SMARTS) is 1. The van der Waals surface area contributed by atoms with Crippen LogP contribution in [0.15, 0.2) is 0 Å². The second kappa shape index (κ2) is 4.41. The fourth-order valence-corrected chi connectivity index (χ4v) is 2.32. The summed E-state index contributed by atoms with van der Waals surface area (Å²) in [5, 5.41) is 14.9. The van der Waals surface area contributed by atoms with Crippen LogP contribution < -0.4 is 10.6 Å². The van der Waals surface area contributed by atoms with E-state index in [0.29, 0.717) is 12.8 Å². The number of piperidine rings is 1. The number of carbonyl (C=O) groups is 2. The molecule has 90 valence electrons. The Balaban J connectivity index is 1.92. The SMILES string of the molecule is O=C(NC1(C(=O)O)CCC1)[C@H]1CCCCN1. The van der Waals surface area contributed by atoms with E-state index in [-0.39, 0.29) is 11.9 Å². The zero-order valence-electron chi connectivity index (χ0n) is 9.29. The van der Waals surface area contributed by atoms with Crippen LogP contribution in [-0.2, 0) is 9.59 Å². The second-order valence-corrected chi connectivity index (χ2v) is 4.73. The van der Waals surface area contributed by atoms with Crippen molar-refractivity contribution in [2.24, 2.45) is 0 Å². The molecule has 2 aliphatic rings. The van der Waals surface area contributed by atoms with Gasteiger partial charge in [0.05, 0.1) is 6.04 Å². The van der Waals surface area contributed by atoms with Crippen molar-refractivity contribution in [2.45, 2.75) is 50.1 Å². The second-order valence-electron chi connectivity index (χ2n) is 4.73. The number of rotatable bonds is 3. The Morgan fingerprint density at radius 1 is 1.25 bits per heavy atom. The van der Waals surface area contributed by atoms with Gasteiger partial charge in [-0.2, -0.15) is 0 Å². The minimum atomic E-state index is -0.976. The minimum absolute atomic E-state index is 0.151. The van der Waals surface area contributed by atoms with Crippen LogP contribution in [0, 0.1) is 0 Å². The summed E-state index contributed by atoms with van der Waals surface area (Å²) in [6.45, 7) is 0.845. The number of nitrogens with one attached hydrogen (secondary N) is 2. The van der Waals surface area contributed by atoms with Crippen LogP contribution in [-0.4, -0.2) is 35.1 Å². The molecule has 0 spiro atoms. The van der Waals surface area contributed by atoms with E-state index in [9.17, 15) is 9.59 Å². The Morgan fingerprint density at radius 2 is 2.00 bits per heavy atom. The molecule has 2 rings (SSSR count). The van der Waals surface area contributed by atoms with Gasteiger partial charge in [-0.1, -0.05) is 6.42 Å². The van der Waals surface area contributed by atoms with E-state index < -0.39 is 11.5 Å². The Morgan fingerprint density at radius 3 is 2.44 bits per heavy atom. The fraction of sp³-hybridized carbons (Fsp3) is 0.818. The van der Waals surface area contributed by atoms with Crippen LogP contribution in [0.4, 0.5) is 0 Å². The third-order valence-corrected chi connectivity index (χ3v) is 3.61. The lowest BCUT2D eigenvalue weighted by Crippen LogP contribution is -2.62. The molecule has 1 aliphatic carbocycles. The van der Waals surface area contributed by atoms with Gasteiger partial charge in [0.1, 0.15) is 5.54 Å². The molecule has 1 aliphatic heterocycles. The molecule has 1 amide bonds. The first-order valence-electron chi connectivity index (χ1n) is 5.93. The van der Waals surface area contributed by atoms with E-state index in [2.05, 4.69) is 10.6 Å². The van der Waals surface area contributed by atoms with Crippen LogP contribution in [0.25, 0.3) is 0 Å². The van der Waals surface area contributed by atoms with E-state index in [0.717, 1.165) is 32.2 Å². The highest BCUT2D eigenvalue weighted by molar-refractivity contribution is 5.90. The molecule has 1 atom stereocenters. The normalized spacial score (nSPS) is 27.9. The predicted octanol–water partition coefficient (Wildman–Crippen LogP) is 0.252. The van der Waals surface area contributed by atoms with Crippen molar-refractivity contribution in [3.63, 3.8) is 0 Å².